The van der Waals surface area contributed by atoms with Crippen LogP contribution in [0.3, 0.4) is 0 Å². The number of rotatable bonds is 13. The Bertz CT molecular complexity index is 799. The molecular weight excluding hydrogens is 557 g/mol. The molecule has 0 atom stereocenters. The summed E-state index contributed by atoms with van der Waals surface area (Å²) in [6.45, 7) is 4.14. The van der Waals surface area contributed by atoms with Crippen molar-refractivity contribution in [2.75, 3.05) is 6.54 Å². The van der Waals surface area contributed by atoms with Gasteiger partial charge in [0.25, 0.3) is 0 Å². The minimum atomic E-state index is -8.62. The van der Waals surface area contributed by atoms with Gasteiger partial charge in [0.2, 0.25) is 5.91 Å². The Kier molecular flexibility index (Phi) is 9.50. The second-order valence-corrected chi connectivity index (χ2v) is 7.50. The van der Waals surface area contributed by atoms with E-state index in [1.54, 1.807) is 0 Å². The lowest BCUT2D eigenvalue weighted by atomic mass is 9.88. The summed E-state index contributed by atoms with van der Waals surface area (Å²) in [5.41, 5.74) is -0.0142. The molecule has 2 nitrogen and oxygen atoms in total. The molecule has 0 spiro atoms. The molecule has 0 fully saturated rings. The van der Waals surface area contributed by atoms with Gasteiger partial charge in [0.05, 0.1) is 0 Å². The summed E-state index contributed by atoms with van der Waals surface area (Å²) < 4.78 is 223. The molecule has 0 saturated carbocycles. The first-order valence-corrected chi connectivity index (χ1v) is 9.23. The first-order chi connectivity index (χ1) is 15.6. The van der Waals surface area contributed by atoms with E-state index < -0.39 is 72.8 Å². The molecule has 0 aromatic heterocycles. The molecule has 0 radical (unpaired) electrons. The van der Waals surface area contributed by atoms with Crippen molar-refractivity contribution in [3.8, 4) is 0 Å². The van der Waals surface area contributed by atoms with Gasteiger partial charge in [-0.3, -0.25) is 4.79 Å². The van der Waals surface area contributed by atoms with Gasteiger partial charge in [-0.15, -0.1) is 0 Å². The van der Waals surface area contributed by atoms with Crippen LogP contribution in [0.15, 0.2) is 12.2 Å². The first kappa shape index (κ1) is 34.0. The minimum Gasteiger partial charge on any atom is -0.352 e. The number of amides is 1. The third kappa shape index (κ3) is 5.47. The van der Waals surface area contributed by atoms with Crippen LogP contribution >= 0.6 is 0 Å². The Balaban J connectivity index is 5.89. The average Bonchev–Trinajstić information content (AvgIpc) is 2.68. The third-order valence-corrected chi connectivity index (χ3v) is 4.63. The van der Waals surface area contributed by atoms with Crippen LogP contribution in [0, 0.1) is 0 Å². The maximum absolute atomic E-state index is 13.7. The summed E-state index contributed by atoms with van der Waals surface area (Å²) >= 11 is 0. The fourth-order valence-corrected chi connectivity index (χ4v) is 2.35. The van der Waals surface area contributed by atoms with Crippen molar-refractivity contribution >= 4 is 5.91 Å². The Hall–Kier alpha value is -1.98. The predicted octanol–water partition coefficient (Wildman–Crippen LogP) is 7.25. The summed E-state index contributed by atoms with van der Waals surface area (Å²) in [4.78, 5) is 11.1. The number of hydrogen-bond donors (Lipinski definition) is 1. The standard InChI is InChI=1S/C17H16F17NO/c1-8(2)9(36)35-7-5-3-4-6-10(18,19)11(20,21)12(22,23)13(24,25)14(26,27)15(28,29)16(30,31)17(32,33)34/h1,3-7H2,2H3,(H,35,36). The second kappa shape index (κ2) is 10.1. The lowest BCUT2D eigenvalue weighted by molar-refractivity contribution is -0.461. The van der Waals surface area contributed by atoms with E-state index >= 15 is 0 Å². The Morgan fingerprint density at radius 3 is 1.31 bits per heavy atom. The van der Waals surface area contributed by atoms with Crippen LogP contribution in [-0.2, 0) is 4.79 Å². The van der Waals surface area contributed by atoms with Gasteiger partial charge in [0, 0.05) is 18.5 Å². The molecule has 0 aromatic carbocycles. The van der Waals surface area contributed by atoms with E-state index in [1.165, 1.54) is 6.92 Å². The molecule has 0 rings (SSSR count). The second-order valence-electron chi connectivity index (χ2n) is 7.50. The monoisotopic (exact) mass is 573 g/mol. The van der Waals surface area contributed by atoms with Gasteiger partial charge < -0.3 is 5.32 Å². The highest BCUT2D eigenvalue weighted by atomic mass is 19.4. The molecule has 1 amide bonds. The maximum Gasteiger partial charge on any atom is 0.460 e. The van der Waals surface area contributed by atoms with E-state index in [2.05, 4.69) is 11.9 Å². The molecule has 0 aliphatic rings. The van der Waals surface area contributed by atoms with E-state index in [4.69, 9.17) is 0 Å². The highest BCUT2D eigenvalue weighted by Crippen LogP contribution is 2.64. The molecule has 0 aromatic rings. The van der Waals surface area contributed by atoms with Gasteiger partial charge in [-0.1, -0.05) is 13.0 Å². The van der Waals surface area contributed by atoms with Gasteiger partial charge >= 0.3 is 47.6 Å². The van der Waals surface area contributed by atoms with E-state index in [0.29, 0.717) is 0 Å². The normalized spacial score (nSPS) is 15.2. The molecule has 0 aliphatic carbocycles. The lowest BCUT2D eigenvalue weighted by Gasteiger charge is -2.42. The molecule has 214 valence electrons. The smallest absolute Gasteiger partial charge is 0.352 e. The number of unbranched alkanes of at least 4 members (excludes halogenated alkanes) is 2. The fourth-order valence-electron chi connectivity index (χ4n) is 2.35. The van der Waals surface area contributed by atoms with Crippen LogP contribution in [-0.4, -0.2) is 60.1 Å². The van der Waals surface area contributed by atoms with Crippen molar-refractivity contribution in [3.05, 3.63) is 12.2 Å². The van der Waals surface area contributed by atoms with Crippen LogP contribution in [0.5, 0.6) is 0 Å². The molecule has 19 heteroatoms. The summed E-state index contributed by atoms with van der Waals surface area (Å²) in [6, 6.07) is 0. The quantitative estimate of drug-likeness (QED) is 0.141. The fraction of sp³-hybridized carbons (Fsp3) is 0.824. The van der Waals surface area contributed by atoms with E-state index in [1.807, 2.05) is 0 Å². The number of carbonyl (C=O) groups is 1. The van der Waals surface area contributed by atoms with Crippen molar-refractivity contribution < 1.29 is 79.4 Å². The van der Waals surface area contributed by atoms with Crippen molar-refractivity contribution in [1.82, 2.24) is 5.32 Å². The summed E-state index contributed by atoms with van der Waals surface area (Å²) in [5.74, 6) is -56.9. The number of hydrogen-bond acceptors (Lipinski definition) is 1. The predicted molar refractivity (Wildman–Crippen MR) is 87.0 cm³/mol. The van der Waals surface area contributed by atoms with E-state index in [0.717, 1.165) is 0 Å². The SMILES string of the molecule is C=C(C)C(=O)NCCCCCC(F)(F)C(F)(F)C(F)(F)C(F)(F)C(F)(F)C(F)(F)C(F)(F)C(F)(F)F. The highest BCUT2D eigenvalue weighted by molar-refractivity contribution is 5.91. The highest BCUT2D eigenvalue weighted by Gasteiger charge is 2.95. The molecule has 0 unspecified atom stereocenters. The van der Waals surface area contributed by atoms with Crippen LogP contribution in [0.25, 0.3) is 0 Å². The Morgan fingerprint density at radius 2 is 0.944 bits per heavy atom. The van der Waals surface area contributed by atoms with Gasteiger partial charge in [-0.25, -0.2) is 0 Å². The molecule has 0 heterocycles. The topological polar surface area (TPSA) is 29.1 Å². The molecule has 0 saturated heterocycles. The average molecular weight is 573 g/mol. The molecule has 0 aliphatic heterocycles. The van der Waals surface area contributed by atoms with Gasteiger partial charge in [-0.2, -0.15) is 74.6 Å². The lowest BCUT2D eigenvalue weighted by Crippen LogP contribution is -2.74. The molecule has 0 bridgehead atoms. The zero-order valence-corrected chi connectivity index (χ0v) is 17.6. The zero-order valence-electron chi connectivity index (χ0n) is 17.6. The van der Waals surface area contributed by atoms with Gasteiger partial charge in [0.1, 0.15) is 0 Å². The van der Waals surface area contributed by atoms with Gasteiger partial charge in [-0.05, 0) is 19.8 Å². The van der Waals surface area contributed by atoms with Crippen LogP contribution in [0.2, 0.25) is 0 Å². The molecular formula is C17H16F17NO. The zero-order chi connectivity index (χ0) is 29.4. The summed E-state index contributed by atoms with van der Waals surface area (Å²) in [7, 11) is 0. The maximum atomic E-state index is 13.7. The van der Waals surface area contributed by atoms with E-state index in [9.17, 15) is 79.4 Å². The summed E-state index contributed by atoms with van der Waals surface area (Å²) in [5, 5.41) is 2.12. The van der Waals surface area contributed by atoms with Crippen molar-refractivity contribution in [2.45, 2.75) is 80.2 Å². The molecule has 36 heavy (non-hydrogen) atoms. The van der Waals surface area contributed by atoms with Crippen molar-refractivity contribution in [2.24, 2.45) is 0 Å². The molecule has 1 N–H and O–H groups in total. The van der Waals surface area contributed by atoms with E-state index in [-0.39, 0.29) is 18.5 Å². The number of nitrogens with one attached hydrogen (secondary N) is 1. The number of alkyl halides is 17. The van der Waals surface area contributed by atoms with Crippen LogP contribution in [0.4, 0.5) is 74.6 Å². The Labute approximate surface area is 190 Å². The first-order valence-electron chi connectivity index (χ1n) is 9.23. The van der Waals surface area contributed by atoms with Gasteiger partial charge in [0.15, 0.2) is 0 Å². The third-order valence-electron chi connectivity index (χ3n) is 4.63. The van der Waals surface area contributed by atoms with Crippen molar-refractivity contribution in [3.63, 3.8) is 0 Å². The number of carbonyl (C=O) groups excluding carboxylic acids is 1. The van der Waals surface area contributed by atoms with Crippen LogP contribution < -0.4 is 5.32 Å². The van der Waals surface area contributed by atoms with Crippen LogP contribution in [0.1, 0.15) is 32.6 Å². The minimum absolute atomic E-state index is 0.0142. The number of halogens is 17. The Morgan fingerprint density at radius 1 is 0.583 bits per heavy atom. The summed E-state index contributed by atoms with van der Waals surface area (Å²) in [6.07, 6.45) is -12.4. The van der Waals surface area contributed by atoms with Crippen molar-refractivity contribution in [1.29, 1.82) is 0 Å². The largest absolute Gasteiger partial charge is 0.460 e.